The molecule has 1 N–H and O–H groups in total. The third-order valence-electron chi connectivity index (χ3n) is 2.35. The van der Waals surface area contributed by atoms with Crippen LogP contribution in [0.25, 0.3) is 6.08 Å². The summed E-state index contributed by atoms with van der Waals surface area (Å²) in [5, 5.41) is 19.3. The van der Waals surface area contributed by atoms with Gasteiger partial charge in [0, 0.05) is 12.1 Å². The maximum Gasteiger partial charge on any atom is 0.314 e. The average molecular weight is 205 g/mol. The Morgan fingerprint density at radius 3 is 2.80 bits per heavy atom. The largest absolute Gasteiger partial charge is 0.481 e. The number of hydrogen-bond donors (Lipinski definition) is 1. The Morgan fingerprint density at radius 2 is 2.20 bits per heavy atom. The first-order valence-electron chi connectivity index (χ1n) is 4.29. The van der Waals surface area contributed by atoms with Gasteiger partial charge in [0.05, 0.1) is 4.92 Å². The Balaban J connectivity index is 2.46. The molecule has 0 fully saturated rings. The number of nitrogens with zero attached hydrogens (tertiary/aromatic N) is 1. The average Bonchev–Trinajstić information content (AvgIpc) is 2.59. The van der Waals surface area contributed by atoms with E-state index in [1.165, 1.54) is 24.3 Å². The second kappa shape index (κ2) is 3.20. The van der Waals surface area contributed by atoms with Gasteiger partial charge < -0.3 is 5.11 Å². The zero-order chi connectivity index (χ0) is 11.0. The summed E-state index contributed by atoms with van der Waals surface area (Å²) in [7, 11) is 0. The summed E-state index contributed by atoms with van der Waals surface area (Å²) < 4.78 is 0. The van der Waals surface area contributed by atoms with Gasteiger partial charge in [0.15, 0.2) is 0 Å². The molecule has 0 saturated heterocycles. The summed E-state index contributed by atoms with van der Waals surface area (Å²) in [6.45, 7) is 0. The van der Waals surface area contributed by atoms with Crippen LogP contribution in [0, 0.1) is 10.1 Å². The van der Waals surface area contributed by atoms with E-state index in [2.05, 4.69) is 0 Å². The molecule has 0 bridgehead atoms. The molecule has 0 amide bonds. The van der Waals surface area contributed by atoms with Crippen molar-refractivity contribution in [3.05, 3.63) is 45.5 Å². The Labute approximate surface area is 84.8 Å². The first-order valence-corrected chi connectivity index (χ1v) is 4.29. The first kappa shape index (κ1) is 9.39. The predicted octanol–water partition coefficient (Wildman–Crippen LogP) is 1.79. The van der Waals surface area contributed by atoms with Gasteiger partial charge in [-0.2, -0.15) is 0 Å². The smallest absolute Gasteiger partial charge is 0.314 e. The molecule has 1 atom stereocenters. The molecule has 0 radical (unpaired) electrons. The van der Waals surface area contributed by atoms with E-state index in [0.29, 0.717) is 11.1 Å². The van der Waals surface area contributed by atoms with Crippen LogP contribution < -0.4 is 0 Å². The van der Waals surface area contributed by atoms with E-state index >= 15 is 0 Å². The molecule has 0 aromatic heterocycles. The van der Waals surface area contributed by atoms with Gasteiger partial charge in [-0.25, -0.2) is 0 Å². The summed E-state index contributed by atoms with van der Waals surface area (Å²) in [4.78, 5) is 20.8. The quantitative estimate of drug-likeness (QED) is 0.589. The second-order valence-corrected chi connectivity index (χ2v) is 3.25. The van der Waals surface area contributed by atoms with E-state index in [4.69, 9.17) is 5.11 Å². The number of non-ortho nitro benzene ring substituents is 1. The Kier molecular flexibility index (Phi) is 2.00. The topological polar surface area (TPSA) is 80.4 Å². The zero-order valence-electron chi connectivity index (χ0n) is 7.58. The molecule has 0 aliphatic heterocycles. The van der Waals surface area contributed by atoms with E-state index in [1.807, 2.05) is 0 Å². The molecule has 1 aromatic carbocycles. The molecule has 15 heavy (non-hydrogen) atoms. The van der Waals surface area contributed by atoms with Crippen molar-refractivity contribution >= 4 is 17.7 Å². The highest BCUT2D eigenvalue weighted by Gasteiger charge is 2.24. The molecular formula is C10H7NO4. The van der Waals surface area contributed by atoms with Crippen LogP contribution in [0.4, 0.5) is 5.69 Å². The SMILES string of the molecule is O=C(O)C1C=Cc2cc([N+](=O)[O-])ccc21. The van der Waals surface area contributed by atoms with Crippen molar-refractivity contribution in [1.82, 2.24) is 0 Å². The molecule has 1 aliphatic rings. The standard InChI is InChI=1S/C10H7NO4/c12-10(13)9-3-1-6-5-7(11(14)15)2-4-8(6)9/h1-5,9H,(H,12,13). The van der Waals surface area contributed by atoms with Crippen molar-refractivity contribution in [3.63, 3.8) is 0 Å². The van der Waals surface area contributed by atoms with Gasteiger partial charge in [-0.05, 0) is 11.1 Å². The number of carbonyl (C=O) groups is 1. The lowest BCUT2D eigenvalue weighted by Gasteiger charge is -2.04. The highest BCUT2D eigenvalue weighted by atomic mass is 16.6. The lowest BCUT2D eigenvalue weighted by Crippen LogP contribution is -2.07. The van der Waals surface area contributed by atoms with Crippen LogP contribution in [0.1, 0.15) is 17.0 Å². The van der Waals surface area contributed by atoms with Crippen molar-refractivity contribution in [2.45, 2.75) is 5.92 Å². The number of nitro groups is 1. The van der Waals surface area contributed by atoms with Gasteiger partial charge in [0.2, 0.25) is 0 Å². The zero-order valence-corrected chi connectivity index (χ0v) is 7.58. The molecule has 1 aliphatic carbocycles. The van der Waals surface area contributed by atoms with Gasteiger partial charge >= 0.3 is 5.97 Å². The first-order chi connectivity index (χ1) is 7.09. The molecule has 5 heteroatoms. The molecule has 1 aromatic rings. The molecule has 0 spiro atoms. The van der Waals surface area contributed by atoms with E-state index in [1.54, 1.807) is 6.08 Å². The minimum atomic E-state index is -0.946. The third-order valence-corrected chi connectivity index (χ3v) is 2.35. The number of rotatable bonds is 2. The molecule has 76 valence electrons. The summed E-state index contributed by atoms with van der Waals surface area (Å²) in [6.07, 6.45) is 3.12. The predicted molar refractivity (Wildman–Crippen MR) is 52.5 cm³/mol. The van der Waals surface area contributed by atoms with Crippen LogP contribution in [-0.2, 0) is 4.79 Å². The molecular weight excluding hydrogens is 198 g/mol. The van der Waals surface area contributed by atoms with Gasteiger partial charge in [0.1, 0.15) is 5.92 Å². The van der Waals surface area contributed by atoms with E-state index in [-0.39, 0.29) is 5.69 Å². The highest BCUT2D eigenvalue weighted by Crippen LogP contribution is 2.32. The van der Waals surface area contributed by atoms with Crippen LogP contribution in [0.2, 0.25) is 0 Å². The van der Waals surface area contributed by atoms with Gasteiger partial charge in [-0.15, -0.1) is 0 Å². The van der Waals surface area contributed by atoms with Crippen molar-refractivity contribution < 1.29 is 14.8 Å². The lowest BCUT2D eigenvalue weighted by molar-refractivity contribution is -0.384. The maximum atomic E-state index is 10.8. The van der Waals surface area contributed by atoms with Crippen LogP contribution in [0.5, 0.6) is 0 Å². The Morgan fingerprint density at radius 1 is 1.47 bits per heavy atom. The Hall–Kier alpha value is -2.17. The molecule has 5 nitrogen and oxygen atoms in total. The maximum absolute atomic E-state index is 10.8. The molecule has 2 rings (SSSR count). The van der Waals surface area contributed by atoms with E-state index in [0.717, 1.165) is 0 Å². The van der Waals surface area contributed by atoms with Crippen molar-refractivity contribution in [2.24, 2.45) is 0 Å². The summed E-state index contributed by atoms with van der Waals surface area (Å²) >= 11 is 0. The second-order valence-electron chi connectivity index (χ2n) is 3.25. The summed E-state index contributed by atoms with van der Waals surface area (Å²) in [5.74, 6) is -1.63. The summed E-state index contributed by atoms with van der Waals surface area (Å²) in [5.41, 5.74) is 1.19. The van der Waals surface area contributed by atoms with Crippen LogP contribution in [-0.4, -0.2) is 16.0 Å². The van der Waals surface area contributed by atoms with Crippen molar-refractivity contribution in [2.75, 3.05) is 0 Å². The lowest BCUT2D eigenvalue weighted by atomic mass is 10.0. The minimum absolute atomic E-state index is 0.0237. The number of benzene rings is 1. The number of aliphatic carboxylic acids is 1. The fraction of sp³-hybridized carbons (Fsp3) is 0.100. The normalized spacial score (nSPS) is 17.5. The molecule has 1 unspecified atom stereocenters. The van der Waals surface area contributed by atoms with Gasteiger partial charge in [-0.1, -0.05) is 18.2 Å². The van der Waals surface area contributed by atoms with Crippen LogP contribution in [0.15, 0.2) is 24.3 Å². The monoisotopic (exact) mass is 205 g/mol. The van der Waals surface area contributed by atoms with Gasteiger partial charge in [0.25, 0.3) is 5.69 Å². The van der Waals surface area contributed by atoms with Gasteiger partial charge in [-0.3, -0.25) is 14.9 Å². The van der Waals surface area contributed by atoms with Crippen molar-refractivity contribution in [1.29, 1.82) is 0 Å². The number of fused-ring (bicyclic) bond motifs is 1. The fourth-order valence-corrected chi connectivity index (χ4v) is 1.62. The fourth-order valence-electron chi connectivity index (χ4n) is 1.62. The van der Waals surface area contributed by atoms with Crippen molar-refractivity contribution in [3.8, 4) is 0 Å². The molecule has 0 saturated carbocycles. The molecule has 0 heterocycles. The highest BCUT2D eigenvalue weighted by molar-refractivity contribution is 5.85. The number of hydrogen-bond acceptors (Lipinski definition) is 3. The number of nitro benzene ring substituents is 1. The third kappa shape index (κ3) is 1.48. The van der Waals surface area contributed by atoms with Crippen LogP contribution >= 0.6 is 0 Å². The number of carboxylic acids is 1. The minimum Gasteiger partial charge on any atom is -0.481 e. The van der Waals surface area contributed by atoms with E-state index in [9.17, 15) is 14.9 Å². The number of carboxylic acid groups (broad SMARTS) is 1. The van der Waals surface area contributed by atoms with E-state index < -0.39 is 16.8 Å². The van der Waals surface area contributed by atoms with Crippen LogP contribution in [0.3, 0.4) is 0 Å². The Bertz CT molecular complexity index is 478. The summed E-state index contributed by atoms with van der Waals surface area (Å²) in [6, 6.07) is 4.20.